The number of aryl methyl sites for hydroxylation is 1. The highest BCUT2D eigenvalue weighted by atomic mass is 32.2. The number of anilines is 2. The third-order valence-corrected chi connectivity index (χ3v) is 6.47. The first kappa shape index (κ1) is 21.9. The highest BCUT2D eigenvalue weighted by molar-refractivity contribution is 8.00. The van der Waals surface area contributed by atoms with Crippen molar-refractivity contribution in [2.45, 2.75) is 17.2 Å². The van der Waals surface area contributed by atoms with Gasteiger partial charge in [0.15, 0.2) is 11.5 Å². The first-order chi connectivity index (χ1) is 14.6. The minimum atomic E-state index is 0.182. The summed E-state index contributed by atoms with van der Waals surface area (Å²) in [5, 5.41) is 9.28. The Morgan fingerprint density at radius 3 is 2.33 bits per heavy atom. The zero-order valence-corrected chi connectivity index (χ0v) is 18.9. The molecule has 1 aliphatic heterocycles. The van der Waals surface area contributed by atoms with Crippen LogP contribution in [0.1, 0.15) is 16.5 Å². The lowest BCUT2D eigenvalue weighted by atomic mass is 10.2. The lowest BCUT2D eigenvalue weighted by Crippen LogP contribution is -2.03. The summed E-state index contributed by atoms with van der Waals surface area (Å²) in [6.07, 6.45) is 0.724. The Morgan fingerprint density at radius 1 is 1.03 bits per heavy atom. The number of carbonyl (C=O) groups is 1. The normalized spacial score (nSPS) is 13.9. The standard InChI is InChI=1S/C12H10N2OS2.C10H14O3/c15-7-13-11-8(5-6-16-11)12-14-9-3-1-2-4-10(9)17-12;1-7-5-8(11-2)10(13-4)9(6-7)12-3/h1-7,12,14H,(H,13,15);5-6H,1-4H3. The summed E-state index contributed by atoms with van der Waals surface area (Å²) in [6.45, 7) is 1.98. The van der Waals surface area contributed by atoms with Gasteiger partial charge in [0.05, 0.1) is 21.3 Å². The summed E-state index contributed by atoms with van der Waals surface area (Å²) in [6, 6.07) is 14.1. The number of para-hydroxylation sites is 1. The van der Waals surface area contributed by atoms with Crippen LogP contribution in [-0.4, -0.2) is 27.7 Å². The van der Waals surface area contributed by atoms with E-state index in [4.69, 9.17) is 14.2 Å². The molecular formula is C22H24N2O4S2. The number of thioether (sulfide) groups is 1. The van der Waals surface area contributed by atoms with Gasteiger partial charge < -0.3 is 24.8 Å². The average Bonchev–Trinajstić information content (AvgIpc) is 3.40. The van der Waals surface area contributed by atoms with Crippen LogP contribution in [0.15, 0.2) is 52.7 Å². The van der Waals surface area contributed by atoms with E-state index in [-0.39, 0.29) is 5.37 Å². The van der Waals surface area contributed by atoms with E-state index >= 15 is 0 Å². The van der Waals surface area contributed by atoms with Crippen LogP contribution in [0.2, 0.25) is 0 Å². The molecule has 3 aromatic rings. The second kappa shape index (κ2) is 10.3. The molecule has 158 valence electrons. The number of nitrogens with one attached hydrogen (secondary N) is 2. The maximum absolute atomic E-state index is 10.5. The molecule has 1 aromatic heterocycles. The second-order valence-electron chi connectivity index (χ2n) is 6.31. The van der Waals surface area contributed by atoms with Gasteiger partial charge in [0.1, 0.15) is 10.4 Å². The monoisotopic (exact) mass is 444 g/mol. The van der Waals surface area contributed by atoms with E-state index in [1.807, 2.05) is 42.6 Å². The van der Waals surface area contributed by atoms with Gasteiger partial charge in [-0.1, -0.05) is 23.9 Å². The Labute approximate surface area is 184 Å². The van der Waals surface area contributed by atoms with Gasteiger partial charge in [-0.2, -0.15) is 0 Å². The van der Waals surface area contributed by atoms with Gasteiger partial charge in [0.2, 0.25) is 12.2 Å². The molecule has 0 saturated heterocycles. The highest BCUT2D eigenvalue weighted by Gasteiger charge is 2.25. The van der Waals surface area contributed by atoms with Gasteiger partial charge in [-0.15, -0.1) is 11.3 Å². The van der Waals surface area contributed by atoms with E-state index in [9.17, 15) is 4.79 Å². The molecule has 2 N–H and O–H groups in total. The fourth-order valence-electron chi connectivity index (χ4n) is 3.04. The quantitative estimate of drug-likeness (QED) is 0.486. The van der Waals surface area contributed by atoms with Crippen LogP contribution in [0.4, 0.5) is 10.7 Å². The van der Waals surface area contributed by atoms with Crippen LogP contribution in [0.3, 0.4) is 0 Å². The summed E-state index contributed by atoms with van der Waals surface area (Å²) in [5.74, 6) is 2.02. The summed E-state index contributed by atoms with van der Waals surface area (Å²) in [5.41, 5.74) is 3.36. The van der Waals surface area contributed by atoms with E-state index in [0.29, 0.717) is 17.2 Å². The number of ether oxygens (including phenoxy) is 3. The summed E-state index contributed by atoms with van der Waals surface area (Å²) >= 11 is 3.32. The van der Waals surface area contributed by atoms with Crippen LogP contribution >= 0.6 is 23.1 Å². The maximum Gasteiger partial charge on any atom is 0.212 e. The van der Waals surface area contributed by atoms with Crippen LogP contribution in [-0.2, 0) is 4.79 Å². The summed E-state index contributed by atoms with van der Waals surface area (Å²) in [4.78, 5) is 11.8. The van der Waals surface area contributed by atoms with Crippen molar-refractivity contribution >= 4 is 40.2 Å². The first-order valence-electron chi connectivity index (χ1n) is 9.17. The lowest BCUT2D eigenvalue weighted by molar-refractivity contribution is -0.105. The fraction of sp³-hybridized carbons (Fsp3) is 0.227. The minimum Gasteiger partial charge on any atom is -0.493 e. The molecule has 8 heteroatoms. The van der Waals surface area contributed by atoms with E-state index in [1.54, 1.807) is 44.4 Å². The van der Waals surface area contributed by atoms with Crippen LogP contribution in [0.25, 0.3) is 0 Å². The van der Waals surface area contributed by atoms with Crippen molar-refractivity contribution < 1.29 is 19.0 Å². The number of methoxy groups -OCH3 is 3. The Bertz CT molecular complexity index is 956. The number of benzene rings is 2. The summed E-state index contributed by atoms with van der Waals surface area (Å²) < 4.78 is 15.5. The molecule has 4 rings (SSSR count). The Balaban J connectivity index is 0.000000178. The fourth-order valence-corrected chi connectivity index (χ4v) is 5.07. The van der Waals surface area contributed by atoms with Crippen molar-refractivity contribution in [1.29, 1.82) is 0 Å². The number of carbonyl (C=O) groups excluding carboxylic acids is 1. The lowest BCUT2D eigenvalue weighted by Gasteiger charge is -2.12. The predicted molar refractivity (Wildman–Crippen MR) is 124 cm³/mol. The number of hydrogen-bond donors (Lipinski definition) is 2. The zero-order valence-electron chi connectivity index (χ0n) is 17.2. The molecule has 1 amide bonds. The van der Waals surface area contributed by atoms with Crippen molar-refractivity contribution in [2.75, 3.05) is 32.0 Å². The van der Waals surface area contributed by atoms with Crippen molar-refractivity contribution in [3.05, 3.63) is 59.0 Å². The van der Waals surface area contributed by atoms with E-state index in [2.05, 4.69) is 22.8 Å². The van der Waals surface area contributed by atoms with Gasteiger partial charge in [0, 0.05) is 16.1 Å². The van der Waals surface area contributed by atoms with Gasteiger partial charge in [0.25, 0.3) is 0 Å². The van der Waals surface area contributed by atoms with E-state index in [0.717, 1.165) is 28.2 Å². The first-order valence-corrected chi connectivity index (χ1v) is 10.9. The molecule has 1 unspecified atom stereocenters. The van der Waals surface area contributed by atoms with Gasteiger partial charge in [-0.25, -0.2) is 0 Å². The van der Waals surface area contributed by atoms with Crippen LogP contribution in [0.5, 0.6) is 17.2 Å². The number of hydrogen-bond acceptors (Lipinski definition) is 7. The number of amides is 1. The molecule has 2 aromatic carbocycles. The van der Waals surface area contributed by atoms with E-state index in [1.165, 1.54) is 4.90 Å². The van der Waals surface area contributed by atoms with Gasteiger partial charge in [-0.05, 0) is 48.2 Å². The van der Waals surface area contributed by atoms with Crippen molar-refractivity contribution in [3.63, 3.8) is 0 Å². The highest BCUT2D eigenvalue weighted by Crippen LogP contribution is 2.48. The maximum atomic E-state index is 10.5. The molecule has 2 heterocycles. The Morgan fingerprint density at radius 2 is 1.73 bits per heavy atom. The third kappa shape index (κ3) is 4.83. The van der Waals surface area contributed by atoms with Gasteiger partial charge >= 0.3 is 0 Å². The molecule has 0 fully saturated rings. The number of rotatable bonds is 6. The van der Waals surface area contributed by atoms with Gasteiger partial charge in [-0.3, -0.25) is 4.79 Å². The smallest absolute Gasteiger partial charge is 0.212 e. The largest absolute Gasteiger partial charge is 0.493 e. The zero-order chi connectivity index (χ0) is 21.5. The number of fused-ring (bicyclic) bond motifs is 1. The molecule has 0 radical (unpaired) electrons. The average molecular weight is 445 g/mol. The molecule has 1 atom stereocenters. The van der Waals surface area contributed by atoms with Crippen LogP contribution < -0.4 is 24.8 Å². The molecule has 0 spiro atoms. The molecule has 0 saturated carbocycles. The topological polar surface area (TPSA) is 68.8 Å². The van der Waals surface area contributed by atoms with Crippen molar-refractivity contribution in [2.24, 2.45) is 0 Å². The SMILES string of the molecule is COc1cc(C)cc(OC)c1OC.O=CNc1sccc1C1Nc2ccccc2S1. The molecule has 30 heavy (non-hydrogen) atoms. The number of thiophene rings is 1. The molecule has 0 bridgehead atoms. The van der Waals surface area contributed by atoms with Crippen molar-refractivity contribution in [3.8, 4) is 17.2 Å². The molecule has 1 aliphatic rings. The Hall–Kier alpha value is -2.84. The molecule has 0 aliphatic carbocycles. The third-order valence-electron chi connectivity index (χ3n) is 4.40. The van der Waals surface area contributed by atoms with E-state index < -0.39 is 0 Å². The second-order valence-corrected chi connectivity index (χ2v) is 8.37. The molecule has 6 nitrogen and oxygen atoms in total. The minimum absolute atomic E-state index is 0.182. The van der Waals surface area contributed by atoms with Crippen molar-refractivity contribution in [1.82, 2.24) is 0 Å². The van der Waals surface area contributed by atoms with Crippen LogP contribution in [0, 0.1) is 6.92 Å². The Kier molecular flexibility index (Phi) is 7.48. The molecular weight excluding hydrogens is 420 g/mol. The predicted octanol–water partition coefficient (Wildman–Crippen LogP) is 5.55. The summed E-state index contributed by atoms with van der Waals surface area (Å²) in [7, 11) is 4.81.